The van der Waals surface area contributed by atoms with Gasteiger partial charge in [-0.2, -0.15) is 4.98 Å². The third-order valence-electron chi connectivity index (χ3n) is 3.65. The van der Waals surface area contributed by atoms with Crippen molar-refractivity contribution in [2.24, 2.45) is 4.99 Å². The largest absolute Gasteiger partial charge is 0.357 e. The lowest BCUT2D eigenvalue weighted by molar-refractivity contribution is 0.421. The van der Waals surface area contributed by atoms with Crippen LogP contribution in [0.2, 0.25) is 0 Å². The summed E-state index contributed by atoms with van der Waals surface area (Å²) >= 11 is 0. The van der Waals surface area contributed by atoms with Gasteiger partial charge >= 0.3 is 0 Å². The van der Waals surface area contributed by atoms with Gasteiger partial charge in [-0.05, 0) is 36.8 Å². The van der Waals surface area contributed by atoms with E-state index in [2.05, 4.69) is 30.8 Å². The van der Waals surface area contributed by atoms with Crippen LogP contribution in [0, 0.1) is 5.82 Å². The van der Waals surface area contributed by atoms with Crippen LogP contribution in [0.3, 0.4) is 0 Å². The fourth-order valence-corrected chi connectivity index (χ4v) is 2.39. The van der Waals surface area contributed by atoms with Gasteiger partial charge in [-0.3, -0.25) is 4.98 Å². The molecule has 148 valence electrons. The predicted molar refractivity (Wildman–Crippen MR) is 116 cm³/mol. The van der Waals surface area contributed by atoms with Crippen molar-refractivity contribution < 1.29 is 8.91 Å². The summed E-state index contributed by atoms with van der Waals surface area (Å²) in [5, 5.41) is 10.3. The Balaban J connectivity index is 0.00000280. The number of rotatable bonds is 7. The molecule has 3 aromatic rings. The van der Waals surface area contributed by atoms with Gasteiger partial charge in [0, 0.05) is 25.7 Å². The fourth-order valence-electron chi connectivity index (χ4n) is 2.39. The van der Waals surface area contributed by atoms with Crippen molar-refractivity contribution in [1.29, 1.82) is 0 Å². The Morgan fingerprint density at radius 1 is 1.18 bits per heavy atom. The molecule has 0 saturated carbocycles. The summed E-state index contributed by atoms with van der Waals surface area (Å²) in [4.78, 5) is 13.0. The molecule has 3 rings (SSSR count). The van der Waals surface area contributed by atoms with Gasteiger partial charge in [0.15, 0.2) is 11.8 Å². The molecule has 1 aromatic carbocycles. The second-order valence-electron chi connectivity index (χ2n) is 5.73. The molecule has 0 aliphatic heterocycles. The standard InChI is InChI=1S/C19H21FN6O.HI/c1-2-21-19(24-13-14-6-5-7-15(20)12-14)23-11-9-17-25-18(27-26-17)16-8-3-4-10-22-16;/h3-8,10,12H,2,9,11,13H2,1H3,(H2,21,23,24);1H. The first-order chi connectivity index (χ1) is 13.2. The number of halogens is 2. The van der Waals surface area contributed by atoms with Crippen molar-refractivity contribution in [2.75, 3.05) is 13.1 Å². The maximum Gasteiger partial charge on any atom is 0.276 e. The van der Waals surface area contributed by atoms with Crippen LogP contribution in [0.15, 0.2) is 58.2 Å². The number of nitrogens with zero attached hydrogens (tertiary/aromatic N) is 4. The Labute approximate surface area is 179 Å². The molecule has 0 spiro atoms. The number of guanidine groups is 1. The van der Waals surface area contributed by atoms with E-state index in [-0.39, 0.29) is 29.8 Å². The number of benzene rings is 1. The number of aliphatic imine (C=N–C) groups is 1. The molecule has 0 saturated heterocycles. The number of hydrogen-bond donors (Lipinski definition) is 2. The Kier molecular flexibility index (Phi) is 8.79. The van der Waals surface area contributed by atoms with Crippen LogP contribution in [0.25, 0.3) is 11.6 Å². The van der Waals surface area contributed by atoms with E-state index in [1.54, 1.807) is 12.3 Å². The molecule has 0 fully saturated rings. The van der Waals surface area contributed by atoms with Crippen molar-refractivity contribution in [1.82, 2.24) is 25.8 Å². The zero-order valence-electron chi connectivity index (χ0n) is 15.4. The summed E-state index contributed by atoms with van der Waals surface area (Å²) in [5.74, 6) is 1.37. The maximum absolute atomic E-state index is 13.2. The van der Waals surface area contributed by atoms with Crippen molar-refractivity contribution in [3.05, 3.63) is 65.9 Å². The van der Waals surface area contributed by atoms with Crippen LogP contribution < -0.4 is 10.6 Å². The van der Waals surface area contributed by atoms with Crippen LogP contribution in [0.5, 0.6) is 0 Å². The number of aromatic nitrogens is 3. The van der Waals surface area contributed by atoms with Crippen LogP contribution in [-0.4, -0.2) is 34.2 Å². The quantitative estimate of drug-likeness (QED) is 0.297. The van der Waals surface area contributed by atoms with Gasteiger partial charge in [0.25, 0.3) is 5.89 Å². The third-order valence-corrected chi connectivity index (χ3v) is 3.65. The lowest BCUT2D eigenvalue weighted by atomic mass is 10.2. The highest BCUT2D eigenvalue weighted by Crippen LogP contribution is 2.13. The zero-order chi connectivity index (χ0) is 18.9. The monoisotopic (exact) mass is 496 g/mol. The minimum Gasteiger partial charge on any atom is -0.357 e. The Morgan fingerprint density at radius 3 is 2.82 bits per heavy atom. The summed E-state index contributed by atoms with van der Waals surface area (Å²) in [5.41, 5.74) is 1.46. The molecule has 2 N–H and O–H groups in total. The highest BCUT2D eigenvalue weighted by molar-refractivity contribution is 14.0. The van der Waals surface area contributed by atoms with Gasteiger partial charge in [-0.1, -0.05) is 23.4 Å². The van der Waals surface area contributed by atoms with Crippen LogP contribution >= 0.6 is 24.0 Å². The number of nitrogens with one attached hydrogen (secondary N) is 2. The van der Waals surface area contributed by atoms with Crippen LogP contribution in [0.1, 0.15) is 18.3 Å². The zero-order valence-corrected chi connectivity index (χ0v) is 17.8. The molecule has 0 unspecified atom stereocenters. The molecule has 7 nitrogen and oxygen atoms in total. The van der Waals surface area contributed by atoms with Crippen molar-refractivity contribution in [3.63, 3.8) is 0 Å². The summed E-state index contributed by atoms with van der Waals surface area (Å²) in [7, 11) is 0. The minimum atomic E-state index is -0.263. The second kappa shape index (κ2) is 11.3. The van der Waals surface area contributed by atoms with E-state index in [1.807, 2.05) is 31.2 Å². The molecule has 0 radical (unpaired) electrons. The number of pyridine rings is 1. The summed E-state index contributed by atoms with van der Waals surface area (Å²) in [6.45, 7) is 3.67. The van der Waals surface area contributed by atoms with Gasteiger partial charge in [0.2, 0.25) is 0 Å². The van der Waals surface area contributed by atoms with E-state index in [4.69, 9.17) is 4.52 Å². The first kappa shape index (κ1) is 21.7. The second-order valence-corrected chi connectivity index (χ2v) is 5.73. The molecule has 2 aromatic heterocycles. The summed E-state index contributed by atoms with van der Waals surface area (Å²) in [6.07, 6.45) is 2.25. The molecule has 9 heteroatoms. The van der Waals surface area contributed by atoms with E-state index >= 15 is 0 Å². The molecule has 0 atom stereocenters. The fraction of sp³-hybridized carbons (Fsp3) is 0.263. The van der Waals surface area contributed by atoms with Crippen molar-refractivity contribution >= 4 is 29.9 Å². The average molecular weight is 496 g/mol. The highest BCUT2D eigenvalue weighted by atomic mass is 127. The lowest BCUT2D eigenvalue weighted by Gasteiger charge is -2.10. The van der Waals surface area contributed by atoms with Gasteiger partial charge < -0.3 is 15.2 Å². The molecule has 0 aliphatic carbocycles. The van der Waals surface area contributed by atoms with Crippen LogP contribution in [-0.2, 0) is 13.0 Å². The lowest BCUT2D eigenvalue weighted by Crippen LogP contribution is -2.38. The summed E-state index contributed by atoms with van der Waals surface area (Å²) < 4.78 is 18.5. The highest BCUT2D eigenvalue weighted by Gasteiger charge is 2.09. The molecule has 2 heterocycles. The van der Waals surface area contributed by atoms with E-state index in [9.17, 15) is 4.39 Å². The molecular formula is C19H22FIN6O. The van der Waals surface area contributed by atoms with E-state index < -0.39 is 0 Å². The molecule has 0 amide bonds. The Morgan fingerprint density at radius 2 is 2.07 bits per heavy atom. The minimum absolute atomic E-state index is 0. The average Bonchev–Trinajstić information content (AvgIpc) is 3.16. The first-order valence-corrected chi connectivity index (χ1v) is 8.75. The summed E-state index contributed by atoms with van der Waals surface area (Å²) in [6, 6.07) is 11.9. The maximum atomic E-state index is 13.2. The van der Waals surface area contributed by atoms with E-state index in [1.165, 1.54) is 12.1 Å². The molecule has 0 bridgehead atoms. The Bertz CT molecular complexity index is 887. The molecule has 0 aliphatic rings. The van der Waals surface area contributed by atoms with Gasteiger partial charge in [0.1, 0.15) is 11.5 Å². The van der Waals surface area contributed by atoms with E-state index in [0.717, 1.165) is 12.1 Å². The smallest absolute Gasteiger partial charge is 0.276 e. The predicted octanol–water partition coefficient (Wildman–Crippen LogP) is 3.19. The first-order valence-electron chi connectivity index (χ1n) is 8.75. The topological polar surface area (TPSA) is 88.2 Å². The van der Waals surface area contributed by atoms with Gasteiger partial charge in [-0.25, -0.2) is 9.38 Å². The molecular weight excluding hydrogens is 474 g/mol. The van der Waals surface area contributed by atoms with Gasteiger partial charge in [0.05, 0.1) is 6.54 Å². The van der Waals surface area contributed by atoms with E-state index in [0.29, 0.717) is 42.9 Å². The van der Waals surface area contributed by atoms with Crippen LogP contribution in [0.4, 0.5) is 4.39 Å². The Hall–Kier alpha value is -2.56. The molecule has 28 heavy (non-hydrogen) atoms. The van der Waals surface area contributed by atoms with Crippen molar-refractivity contribution in [3.8, 4) is 11.6 Å². The number of hydrogen-bond acceptors (Lipinski definition) is 5. The third kappa shape index (κ3) is 6.55. The van der Waals surface area contributed by atoms with Crippen molar-refractivity contribution in [2.45, 2.75) is 19.9 Å². The normalized spacial score (nSPS) is 11.0. The van der Waals surface area contributed by atoms with Gasteiger partial charge in [-0.15, -0.1) is 24.0 Å². The SMILES string of the molecule is CCNC(=NCc1cccc(F)c1)NCCc1noc(-c2ccccn2)n1.I.